The Kier molecular flexibility index (Phi) is 5.24. The highest BCUT2D eigenvalue weighted by Gasteiger charge is 2.08. The number of carbonyl (C=O) groups is 1. The Morgan fingerprint density at radius 2 is 1.72 bits per heavy atom. The third-order valence-corrected chi connectivity index (χ3v) is 4.88. The third kappa shape index (κ3) is 4.44. The smallest absolute Gasteiger partial charge is 0.326 e. The molecular formula is C24H19N7O. The minimum absolute atomic E-state index is 0.216. The Labute approximate surface area is 183 Å². The van der Waals surface area contributed by atoms with Gasteiger partial charge in [-0.15, -0.1) is 0 Å². The number of nitrogens with one attached hydrogen (secondary N) is 3. The molecule has 0 unspecified atom stereocenters. The molecule has 0 atom stereocenters. The van der Waals surface area contributed by atoms with E-state index in [0.29, 0.717) is 12.2 Å². The minimum atomic E-state index is -0.438. The van der Waals surface area contributed by atoms with E-state index in [9.17, 15) is 4.79 Å². The van der Waals surface area contributed by atoms with Crippen LogP contribution >= 0.6 is 0 Å². The Morgan fingerprint density at radius 1 is 0.781 bits per heavy atom. The fourth-order valence-electron chi connectivity index (χ4n) is 3.30. The quantitative estimate of drug-likeness (QED) is 0.375. The number of urea groups is 1. The van der Waals surface area contributed by atoms with E-state index < -0.39 is 6.03 Å². The van der Waals surface area contributed by atoms with Crippen molar-refractivity contribution in [2.24, 2.45) is 0 Å². The third-order valence-electron chi connectivity index (χ3n) is 4.88. The first-order chi connectivity index (χ1) is 15.7. The number of para-hydroxylation sites is 1. The molecule has 156 valence electrons. The van der Waals surface area contributed by atoms with E-state index in [1.54, 1.807) is 18.6 Å². The van der Waals surface area contributed by atoms with Gasteiger partial charge in [-0.05, 0) is 42.0 Å². The van der Waals surface area contributed by atoms with Gasteiger partial charge in [0, 0.05) is 41.6 Å². The Bertz CT molecular complexity index is 1410. The average molecular weight is 421 g/mol. The summed E-state index contributed by atoms with van der Waals surface area (Å²) in [4.78, 5) is 29.6. The lowest BCUT2D eigenvalue weighted by Gasteiger charge is -2.09. The molecule has 5 aromatic rings. The predicted octanol–water partition coefficient (Wildman–Crippen LogP) is 4.83. The van der Waals surface area contributed by atoms with E-state index in [0.717, 1.165) is 33.1 Å². The summed E-state index contributed by atoms with van der Waals surface area (Å²) in [6.07, 6.45) is 6.86. The van der Waals surface area contributed by atoms with Crippen molar-refractivity contribution >= 4 is 45.2 Å². The minimum Gasteiger partial charge on any atom is -0.381 e. The van der Waals surface area contributed by atoms with E-state index in [2.05, 4.69) is 35.9 Å². The van der Waals surface area contributed by atoms with Gasteiger partial charge in [-0.3, -0.25) is 15.3 Å². The number of hydrogen-bond acceptors (Lipinski definition) is 6. The summed E-state index contributed by atoms with van der Waals surface area (Å²) in [7, 11) is 0. The maximum Gasteiger partial charge on any atom is 0.326 e. The van der Waals surface area contributed by atoms with Crippen LogP contribution in [0.25, 0.3) is 21.8 Å². The number of amides is 2. The van der Waals surface area contributed by atoms with Crippen LogP contribution in [-0.2, 0) is 6.54 Å². The van der Waals surface area contributed by atoms with Crippen molar-refractivity contribution < 1.29 is 4.79 Å². The van der Waals surface area contributed by atoms with Crippen molar-refractivity contribution in [3.05, 3.63) is 91.0 Å². The Morgan fingerprint density at radius 3 is 2.62 bits per heavy atom. The number of nitrogens with zero attached hydrogens (tertiary/aromatic N) is 4. The van der Waals surface area contributed by atoms with Gasteiger partial charge < -0.3 is 10.6 Å². The molecular weight excluding hydrogens is 402 g/mol. The number of benzene rings is 2. The van der Waals surface area contributed by atoms with Crippen molar-refractivity contribution in [3.63, 3.8) is 0 Å². The summed E-state index contributed by atoms with van der Waals surface area (Å²) in [5, 5.41) is 10.6. The molecule has 8 nitrogen and oxygen atoms in total. The monoisotopic (exact) mass is 421 g/mol. The van der Waals surface area contributed by atoms with E-state index in [-0.39, 0.29) is 5.95 Å². The van der Waals surface area contributed by atoms with Crippen LogP contribution in [0.15, 0.2) is 85.5 Å². The molecule has 0 saturated carbocycles. The number of fused-ring (bicyclic) bond motifs is 2. The van der Waals surface area contributed by atoms with Gasteiger partial charge in [0.05, 0.1) is 22.9 Å². The van der Waals surface area contributed by atoms with Crippen LogP contribution in [0.1, 0.15) is 5.56 Å². The number of anilines is 3. The topological polar surface area (TPSA) is 105 Å². The second-order valence-electron chi connectivity index (χ2n) is 7.18. The molecule has 3 heterocycles. The van der Waals surface area contributed by atoms with Crippen LogP contribution in [-0.4, -0.2) is 26.0 Å². The SMILES string of the molecule is O=C(Nc1cnc2ccccc2c1)Nc1ncc2ccc(NCc3cccnc3)cc2n1. The van der Waals surface area contributed by atoms with E-state index in [1.165, 1.54) is 0 Å². The van der Waals surface area contributed by atoms with Crippen LogP contribution in [0, 0.1) is 0 Å². The molecule has 5 rings (SSSR count). The number of aromatic nitrogens is 4. The summed E-state index contributed by atoms with van der Waals surface area (Å²) in [5.41, 5.74) is 4.17. The lowest BCUT2D eigenvalue weighted by molar-refractivity contribution is 0.262. The van der Waals surface area contributed by atoms with Crippen molar-refractivity contribution in [1.29, 1.82) is 0 Å². The molecule has 2 aromatic carbocycles. The van der Waals surface area contributed by atoms with E-state index in [4.69, 9.17) is 0 Å². The Hall–Kier alpha value is -4.59. The molecule has 0 saturated heterocycles. The molecule has 0 spiro atoms. The predicted molar refractivity (Wildman–Crippen MR) is 125 cm³/mol. The van der Waals surface area contributed by atoms with Gasteiger partial charge in [0.15, 0.2) is 0 Å². The molecule has 2 amide bonds. The lowest BCUT2D eigenvalue weighted by Crippen LogP contribution is -2.21. The molecule has 0 aliphatic heterocycles. The van der Waals surface area contributed by atoms with Crippen molar-refractivity contribution in [2.45, 2.75) is 6.54 Å². The van der Waals surface area contributed by atoms with Crippen LogP contribution in [0.4, 0.5) is 22.1 Å². The maximum atomic E-state index is 12.4. The van der Waals surface area contributed by atoms with E-state index >= 15 is 0 Å². The second-order valence-corrected chi connectivity index (χ2v) is 7.18. The normalized spacial score (nSPS) is 10.8. The van der Waals surface area contributed by atoms with Crippen molar-refractivity contribution in [2.75, 3.05) is 16.0 Å². The molecule has 32 heavy (non-hydrogen) atoms. The van der Waals surface area contributed by atoms with Gasteiger partial charge in [-0.25, -0.2) is 14.8 Å². The molecule has 0 fully saturated rings. The highest BCUT2D eigenvalue weighted by Crippen LogP contribution is 2.19. The zero-order valence-corrected chi connectivity index (χ0v) is 17.0. The number of carbonyl (C=O) groups excluding carboxylic acids is 1. The van der Waals surface area contributed by atoms with Gasteiger partial charge in [0.2, 0.25) is 5.95 Å². The molecule has 3 N–H and O–H groups in total. The highest BCUT2D eigenvalue weighted by molar-refractivity contribution is 6.00. The molecule has 3 aromatic heterocycles. The summed E-state index contributed by atoms with van der Waals surface area (Å²) >= 11 is 0. The van der Waals surface area contributed by atoms with E-state index in [1.807, 2.05) is 66.9 Å². The molecule has 0 aliphatic rings. The number of rotatable bonds is 5. The molecule has 8 heteroatoms. The summed E-state index contributed by atoms with van der Waals surface area (Å²) in [6.45, 7) is 0.651. The standard InChI is InChI=1S/C24H19N7O/c32-24(29-20-10-17-5-1-2-6-21(17)27-15-20)31-23-28-14-18-7-8-19(11-22(18)30-23)26-13-16-4-3-9-25-12-16/h1-12,14-15,26H,13H2,(H2,28,29,30,31,32). The molecule has 0 aliphatic carbocycles. The van der Waals surface area contributed by atoms with Gasteiger partial charge in [0.25, 0.3) is 0 Å². The van der Waals surface area contributed by atoms with Crippen LogP contribution in [0.2, 0.25) is 0 Å². The van der Waals surface area contributed by atoms with Crippen molar-refractivity contribution in [3.8, 4) is 0 Å². The van der Waals surface area contributed by atoms with Crippen LogP contribution in [0.5, 0.6) is 0 Å². The lowest BCUT2D eigenvalue weighted by atomic mass is 10.2. The van der Waals surface area contributed by atoms with Gasteiger partial charge in [-0.2, -0.15) is 0 Å². The zero-order chi connectivity index (χ0) is 21.8. The zero-order valence-electron chi connectivity index (χ0n) is 17.0. The van der Waals surface area contributed by atoms with Crippen LogP contribution < -0.4 is 16.0 Å². The Balaban J connectivity index is 1.28. The largest absolute Gasteiger partial charge is 0.381 e. The number of pyridine rings is 2. The van der Waals surface area contributed by atoms with Crippen LogP contribution in [0.3, 0.4) is 0 Å². The van der Waals surface area contributed by atoms with Crippen molar-refractivity contribution in [1.82, 2.24) is 19.9 Å². The molecule has 0 bridgehead atoms. The molecule has 0 radical (unpaired) electrons. The highest BCUT2D eigenvalue weighted by atomic mass is 16.2. The second kappa shape index (κ2) is 8.65. The van der Waals surface area contributed by atoms with Gasteiger partial charge in [0.1, 0.15) is 0 Å². The van der Waals surface area contributed by atoms with Gasteiger partial charge >= 0.3 is 6.03 Å². The summed E-state index contributed by atoms with van der Waals surface area (Å²) < 4.78 is 0. The number of hydrogen-bond donors (Lipinski definition) is 3. The fourth-order valence-corrected chi connectivity index (χ4v) is 3.30. The first-order valence-electron chi connectivity index (χ1n) is 10.1. The first kappa shape index (κ1) is 19.4. The first-order valence-corrected chi connectivity index (χ1v) is 10.1. The fraction of sp³-hybridized carbons (Fsp3) is 0.0417. The average Bonchev–Trinajstić information content (AvgIpc) is 2.83. The summed E-state index contributed by atoms with van der Waals surface area (Å²) in [5.74, 6) is 0.216. The van der Waals surface area contributed by atoms with Gasteiger partial charge in [-0.1, -0.05) is 24.3 Å². The maximum absolute atomic E-state index is 12.4. The summed E-state index contributed by atoms with van der Waals surface area (Å²) in [6, 6.07) is 18.9.